The van der Waals surface area contributed by atoms with Gasteiger partial charge in [-0.1, -0.05) is 13.3 Å². The van der Waals surface area contributed by atoms with Crippen molar-refractivity contribution in [2.24, 2.45) is 11.7 Å². The maximum Gasteiger partial charge on any atom is 0.253 e. The molecule has 0 bridgehead atoms. The second-order valence-corrected chi connectivity index (χ2v) is 6.49. The van der Waals surface area contributed by atoms with Gasteiger partial charge in [-0.3, -0.25) is 9.52 Å². The summed E-state index contributed by atoms with van der Waals surface area (Å²) in [5, 5.41) is -0.371. The van der Waals surface area contributed by atoms with E-state index < -0.39 is 21.5 Å². The highest BCUT2D eigenvalue weighted by molar-refractivity contribution is 7.90. The Balaban J connectivity index is 1.99. The molecule has 6 heteroatoms. The van der Waals surface area contributed by atoms with Crippen molar-refractivity contribution in [1.82, 2.24) is 4.72 Å². The molecule has 0 heterocycles. The predicted octanol–water partition coefficient (Wildman–Crippen LogP) is -0.278. The second kappa shape index (κ2) is 3.18. The molecule has 2 saturated carbocycles. The molecule has 2 aliphatic rings. The van der Waals surface area contributed by atoms with Crippen LogP contribution in [0.4, 0.5) is 0 Å². The van der Waals surface area contributed by atoms with Gasteiger partial charge in [0.1, 0.15) is 0 Å². The van der Waals surface area contributed by atoms with E-state index in [-0.39, 0.29) is 11.2 Å². The van der Waals surface area contributed by atoms with Crippen molar-refractivity contribution in [2.45, 2.75) is 43.4 Å². The molecule has 1 amide bonds. The monoisotopic (exact) mass is 232 g/mol. The maximum atomic E-state index is 11.6. The third kappa shape index (κ3) is 1.88. The predicted molar refractivity (Wildman–Crippen MR) is 55.4 cm³/mol. The zero-order chi connectivity index (χ0) is 11.3. The fourth-order valence-corrected chi connectivity index (χ4v) is 3.19. The molecule has 0 saturated heterocycles. The number of carbonyl (C=O) groups excluding carboxylic acids is 1. The Hall–Kier alpha value is -0.620. The number of hydrogen-bond donors (Lipinski definition) is 2. The van der Waals surface area contributed by atoms with E-state index in [0.29, 0.717) is 19.3 Å². The summed E-state index contributed by atoms with van der Waals surface area (Å²) in [6.07, 6.45) is 2.71. The first kappa shape index (κ1) is 10.9. The number of sulfonamides is 1. The average Bonchev–Trinajstić information content (AvgIpc) is 2.97. The van der Waals surface area contributed by atoms with Crippen LogP contribution < -0.4 is 10.5 Å². The van der Waals surface area contributed by atoms with E-state index >= 15 is 0 Å². The van der Waals surface area contributed by atoms with Gasteiger partial charge in [-0.25, -0.2) is 8.42 Å². The van der Waals surface area contributed by atoms with Crippen LogP contribution in [0, 0.1) is 5.92 Å². The van der Waals surface area contributed by atoms with E-state index in [1.165, 1.54) is 0 Å². The topological polar surface area (TPSA) is 89.3 Å². The number of hydrogen-bond acceptors (Lipinski definition) is 4. The summed E-state index contributed by atoms with van der Waals surface area (Å²) < 4.78 is 25.1. The number of carbonyl (C=O) groups is 1. The lowest BCUT2D eigenvalue weighted by molar-refractivity contribution is -0.121. The number of amides is 1. The molecule has 0 unspecified atom stereocenters. The van der Waals surface area contributed by atoms with Crippen LogP contribution in [-0.4, -0.2) is 25.1 Å². The van der Waals surface area contributed by atoms with Crippen LogP contribution in [0.25, 0.3) is 0 Å². The molecule has 0 aromatic heterocycles. The molecule has 0 radical (unpaired) electrons. The molecule has 2 fully saturated rings. The maximum absolute atomic E-state index is 11.6. The Labute approximate surface area is 89.5 Å². The average molecular weight is 232 g/mol. The van der Waals surface area contributed by atoms with E-state index in [4.69, 9.17) is 5.73 Å². The van der Waals surface area contributed by atoms with Gasteiger partial charge in [-0.15, -0.1) is 0 Å². The minimum atomic E-state index is -3.44. The molecule has 86 valence electrons. The summed E-state index contributed by atoms with van der Waals surface area (Å²) in [6.45, 7) is 1.95. The van der Waals surface area contributed by atoms with Crippen LogP contribution in [0.2, 0.25) is 0 Å². The van der Waals surface area contributed by atoms with Crippen molar-refractivity contribution in [3.63, 3.8) is 0 Å². The SMILES string of the molecule is CC[C@@H]1C[C@]1(N)C(=O)NS(=O)(=O)C1CC1. The summed E-state index contributed by atoms with van der Waals surface area (Å²) >= 11 is 0. The van der Waals surface area contributed by atoms with Crippen molar-refractivity contribution in [3.8, 4) is 0 Å². The summed E-state index contributed by atoms with van der Waals surface area (Å²) in [6, 6.07) is 0. The highest BCUT2D eigenvalue weighted by Gasteiger charge is 2.57. The normalized spacial score (nSPS) is 34.9. The molecule has 3 N–H and O–H groups in total. The van der Waals surface area contributed by atoms with Crippen molar-refractivity contribution >= 4 is 15.9 Å². The van der Waals surface area contributed by atoms with Gasteiger partial charge in [0.15, 0.2) is 0 Å². The zero-order valence-corrected chi connectivity index (χ0v) is 9.51. The smallest absolute Gasteiger partial charge is 0.253 e. The molecule has 2 atom stereocenters. The van der Waals surface area contributed by atoms with Crippen LogP contribution >= 0.6 is 0 Å². The first-order chi connectivity index (χ1) is 6.90. The molecule has 15 heavy (non-hydrogen) atoms. The van der Waals surface area contributed by atoms with E-state index in [2.05, 4.69) is 4.72 Å². The summed E-state index contributed by atoms with van der Waals surface area (Å²) in [7, 11) is -3.44. The van der Waals surface area contributed by atoms with Crippen LogP contribution in [0.15, 0.2) is 0 Å². The lowest BCUT2D eigenvalue weighted by atomic mass is 10.2. The first-order valence-corrected chi connectivity index (χ1v) is 6.79. The molecule has 2 rings (SSSR count). The van der Waals surface area contributed by atoms with Gasteiger partial charge >= 0.3 is 0 Å². The quantitative estimate of drug-likeness (QED) is 0.697. The Bertz CT molecular complexity index is 388. The standard InChI is InChI=1S/C9H16N2O3S/c1-2-6-5-9(6,10)8(12)11-15(13,14)7-3-4-7/h6-7H,2-5,10H2,1H3,(H,11,12)/t6-,9-/m1/s1. The number of nitrogens with two attached hydrogens (primary N) is 1. The van der Waals surface area contributed by atoms with Crippen LogP contribution in [0.3, 0.4) is 0 Å². The molecular formula is C9H16N2O3S. The number of rotatable bonds is 4. The molecule has 2 aliphatic carbocycles. The molecule has 0 aromatic carbocycles. The van der Waals surface area contributed by atoms with Gasteiger partial charge < -0.3 is 5.73 Å². The van der Waals surface area contributed by atoms with Crippen LogP contribution in [-0.2, 0) is 14.8 Å². The van der Waals surface area contributed by atoms with Gasteiger partial charge in [0.25, 0.3) is 5.91 Å². The molecular weight excluding hydrogens is 216 g/mol. The van der Waals surface area contributed by atoms with E-state index in [0.717, 1.165) is 6.42 Å². The Morgan fingerprint density at radius 2 is 2.13 bits per heavy atom. The largest absolute Gasteiger partial charge is 0.317 e. The zero-order valence-electron chi connectivity index (χ0n) is 8.69. The fourth-order valence-electron chi connectivity index (χ4n) is 1.82. The Kier molecular flexibility index (Phi) is 2.31. The van der Waals surface area contributed by atoms with Gasteiger partial charge in [-0.05, 0) is 25.2 Å². The Morgan fingerprint density at radius 3 is 2.53 bits per heavy atom. The molecule has 5 nitrogen and oxygen atoms in total. The highest BCUT2D eigenvalue weighted by atomic mass is 32.2. The minimum Gasteiger partial charge on any atom is -0.317 e. The van der Waals surface area contributed by atoms with Crippen molar-refractivity contribution in [2.75, 3.05) is 0 Å². The van der Waals surface area contributed by atoms with Gasteiger partial charge in [0.05, 0.1) is 10.8 Å². The summed E-state index contributed by atoms with van der Waals surface area (Å²) in [5.41, 5.74) is 4.86. The minimum absolute atomic E-state index is 0.131. The highest BCUT2D eigenvalue weighted by Crippen LogP contribution is 2.43. The van der Waals surface area contributed by atoms with Crippen molar-refractivity contribution in [3.05, 3.63) is 0 Å². The van der Waals surface area contributed by atoms with Crippen LogP contribution in [0.1, 0.15) is 32.6 Å². The van der Waals surface area contributed by atoms with Gasteiger partial charge in [-0.2, -0.15) is 0 Å². The lowest BCUT2D eigenvalue weighted by Crippen LogP contribution is -2.47. The molecule has 0 aliphatic heterocycles. The third-order valence-electron chi connectivity index (χ3n) is 3.27. The summed E-state index contributed by atoms with van der Waals surface area (Å²) in [5.74, 6) is -0.395. The van der Waals surface area contributed by atoms with Gasteiger partial charge in [0.2, 0.25) is 10.0 Å². The second-order valence-electron chi connectivity index (χ2n) is 4.53. The van der Waals surface area contributed by atoms with Gasteiger partial charge in [0, 0.05) is 0 Å². The lowest BCUT2D eigenvalue weighted by Gasteiger charge is -2.11. The fraction of sp³-hybridized carbons (Fsp3) is 0.889. The Morgan fingerprint density at radius 1 is 1.53 bits per heavy atom. The van der Waals surface area contributed by atoms with E-state index in [1.807, 2.05) is 6.92 Å². The van der Waals surface area contributed by atoms with Crippen LogP contribution in [0.5, 0.6) is 0 Å². The van der Waals surface area contributed by atoms with E-state index in [9.17, 15) is 13.2 Å². The third-order valence-corrected chi connectivity index (χ3v) is 5.09. The van der Waals surface area contributed by atoms with Crippen molar-refractivity contribution in [1.29, 1.82) is 0 Å². The van der Waals surface area contributed by atoms with E-state index in [1.54, 1.807) is 0 Å². The number of nitrogens with one attached hydrogen (secondary N) is 1. The first-order valence-electron chi connectivity index (χ1n) is 5.25. The molecule has 0 aromatic rings. The summed E-state index contributed by atoms with van der Waals surface area (Å²) in [4.78, 5) is 11.6. The van der Waals surface area contributed by atoms with Crippen molar-refractivity contribution < 1.29 is 13.2 Å². The molecule has 0 spiro atoms.